The summed E-state index contributed by atoms with van der Waals surface area (Å²) in [5.74, 6) is 0.360. The van der Waals surface area contributed by atoms with Crippen LogP contribution in [-0.4, -0.2) is 62.8 Å². The molecule has 2 saturated heterocycles. The quantitative estimate of drug-likeness (QED) is 0.819. The van der Waals surface area contributed by atoms with Crippen LogP contribution in [0.2, 0.25) is 0 Å². The smallest absolute Gasteiger partial charge is 0.253 e. The van der Waals surface area contributed by atoms with Crippen molar-refractivity contribution in [2.24, 2.45) is 5.92 Å². The van der Waals surface area contributed by atoms with Crippen LogP contribution in [0.3, 0.4) is 0 Å². The molecule has 2 fully saturated rings. The van der Waals surface area contributed by atoms with Crippen LogP contribution in [-0.2, 0) is 10.0 Å². The van der Waals surface area contributed by atoms with E-state index in [0.29, 0.717) is 37.2 Å². The van der Waals surface area contributed by atoms with E-state index in [1.165, 1.54) is 0 Å². The molecule has 1 aromatic rings. The van der Waals surface area contributed by atoms with Crippen LogP contribution in [0.25, 0.3) is 0 Å². The van der Waals surface area contributed by atoms with Gasteiger partial charge < -0.3 is 10.2 Å². The zero-order valence-corrected chi connectivity index (χ0v) is 17.7. The van der Waals surface area contributed by atoms with Crippen molar-refractivity contribution in [3.05, 3.63) is 29.8 Å². The van der Waals surface area contributed by atoms with Gasteiger partial charge in [0, 0.05) is 37.8 Å². The molecule has 2 heterocycles. The predicted octanol–water partition coefficient (Wildman–Crippen LogP) is 2.35. The summed E-state index contributed by atoms with van der Waals surface area (Å²) in [6.07, 6.45) is 4.03. The molecule has 1 N–H and O–H groups in total. The first-order valence-corrected chi connectivity index (χ1v) is 10.9. The number of likely N-dealkylation sites (tertiary alicyclic amines) is 1. The molecule has 0 spiro atoms. The second-order valence-electron chi connectivity index (χ2n) is 7.51. The number of halogens is 1. The Morgan fingerprint density at radius 1 is 1.07 bits per heavy atom. The Balaban J connectivity index is 0.00000261. The van der Waals surface area contributed by atoms with Crippen LogP contribution < -0.4 is 5.32 Å². The average molecular weight is 416 g/mol. The molecule has 6 nitrogen and oxygen atoms in total. The van der Waals surface area contributed by atoms with Crippen molar-refractivity contribution in [1.29, 1.82) is 0 Å². The van der Waals surface area contributed by atoms with Crippen molar-refractivity contribution in [2.45, 2.75) is 43.5 Å². The van der Waals surface area contributed by atoms with Gasteiger partial charge in [0.25, 0.3) is 5.91 Å². The van der Waals surface area contributed by atoms with E-state index < -0.39 is 10.0 Å². The van der Waals surface area contributed by atoms with E-state index in [-0.39, 0.29) is 23.2 Å². The van der Waals surface area contributed by atoms with E-state index in [4.69, 9.17) is 0 Å². The Morgan fingerprint density at radius 3 is 2.37 bits per heavy atom. The Kier molecular flexibility index (Phi) is 7.68. The van der Waals surface area contributed by atoms with Crippen molar-refractivity contribution >= 4 is 28.3 Å². The highest BCUT2D eigenvalue weighted by molar-refractivity contribution is 7.89. The Labute approximate surface area is 168 Å². The largest absolute Gasteiger partial charge is 0.337 e. The number of amides is 1. The lowest BCUT2D eigenvalue weighted by Gasteiger charge is -2.32. The van der Waals surface area contributed by atoms with Gasteiger partial charge in [-0.05, 0) is 62.9 Å². The summed E-state index contributed by atoms with van der Waals surface area (Å²) in [4.78, 5) is 14.8. The van der Waals surface area contributed by atoms with Crippen molar-refractivity contribution in [2.75, 3.05) is 33.2 Å². The number of carbonyl (C=O) groups is 1. The zero-order chi connectivity index (χ0) is 18.7. The van der Waals surface area contributed by atoms with Gasteiger partial charge in [-0.1, -0.05) is 6.92 Å². The summed E-state index contributed by atoms with van der Waals surface area (Å²) in [7, 11) is -1.56. The molecule has 27 heavy (non-hydrogen) atoms. The monoisotopic (exact) mass is 415 g/mol. The minimum Gasteiger partial charge on any atom is -0.337 e. The molecule has 1 amide bonds. The molecule has 0 aliphatic carbocycles. The van der Waals surface area contributed by atoms with Crippen molar-refractivity contribution in [3.63, 3.8) is 0 Å². The van der Waals surface area contributed by atoms with Gasteiger partial charge in [0.1, 0.15) is 0 Å². The number of hydrogen-bond donors (Lipinski definition) is 1. The lowest BCUT2D eigenvalue weighted by Crippen LogP contribution is -2.46. The van der Waals surface area contributed by atoms with Crippen LogP contribution in [0.1, 0.15) is 43.0 Å². The normalized spacial score (nSPS) is 24.3. The van der Waals surface area contributed by atoms with Crippen LogP contribution in [0.15, 0.2) is 29.2 Å². The van der Waals surface area contributed by atoms with Gasteiger partial charge in [0.15, 0.2) is 0 Å². The zero-order valence-electron chi connectivity index (χ0n) is 16.1. The summed E-state index contributed by atoms with van der Waals surface area (Å²) in [5.41, 5.74) is 0.549. The topological polar surface area (TPSA) is 69.7 Å². The van der Waals surface area contributed by atoms with Gasteiger partial charge in [-0.25, -0.2) is 8.42 Å². The third-order valence-electron chi connectivity index (χ3n) is 5.48. The maximum atomic E-state index is 12.8. The number of likely N-dealkylation sites (N-methyl/N-ethyl adjacent to an activating group) is 1. The molecule has 3 rings (SSSR count). The molecule has 0 bridgehead atoms. The summed E-state index contributed by atoms with van der Waals surface area (Å²) in [6.45, 7) is 4.68. The standard InChI is InChI=1S/C19H29N3O3S.ClH/c1-15-5-3-12-22(13-15)26(24,25)18-9-7-16(8-10-18)19(23)21-11-4-6-17(14-21)20-2;/h7-10,15,17,20H,3-6,11-14H2,1-2H3;1H. The molecule has 2 aliphatic rings. The van der Waals surface area contributed by atoms with Gasteiger partial charge in [0.2, 0.25) is 10.0 Å². The number of benzene rings is 1. The molecule has 0 saturated carbocycles. The van der Waals surface area contributed by atoms with E-state index in [0.717, 1.165) is 32.2 Å². The molecule has 1 aromatic carbocycles. The van der Waals surface area contributed by atoms with Gasteiger partial charge in [-0.2, -0.15) is 4.31 Å². The third kappa shape index (κ3) is 5.02. The second kappa shape index (κ2) is 9.37. The van der Waals surface area contributed by atoms with Gasteiger partial charge >= 0.3 is 0 Å². The SMILES string of the molecule is CNC1CCCN(C(=O)c2ccc(S(=O)(=O)N3CCCC(C)C3)cc2)C1.Cl. The third-order valence-corrected chi connectivity index (χ3v) is 7.36. The Morgan fingerprint density at radius 2 is 1.74 bits per heavy atom. The molecular weight excluding hydrogens is 386 g/mol. The molecular formula is C19H30ClN3O3S. The van der Waals surface area contributed by atoms with E-state index in [9.17, 15) is 13.2 Å². The lowest BCUT2D eigenvalue weighted by molar-refractivity contribution is 0.0698. The van der Waals surface area contributed by atoms with Gasteiger partial charge in [0.05, 0.1) is 4.90 Å². The molecule has 2 aliphatic heterocycles. The lowest BCUT2D eigenvalue weighted by atomic mass is 10.0. The van der Waals surface area contributed by atoms with Crippen LogP contribution in [0.5, 0.6) is 0 Å². The fourth-order valence-corrected chi connectivity index (χ4v) is 5.46. The van der Waals surface area contributed by atoms with Gasteiger partial charge in [-0.15, -0.1) is 12.4 Å². The predicted molar refractivity (Wildman–Crippen MR) is 109 cm³/mol. The maximum Gasteiger partial charge on any atom is 0.253 e. The number of nitrogens with one attached hydrogen (secondary N) is 1. The van der Waals surface area contributed by atoms with E-state index in [1.54, 1.807) is 28.6 Å². The van der Waals surface area contributed by atoms with Crippen molar-refractivity contribution in [3.8, 4) is 0 Å². The fraction of sp³-hybridized carbons (Fsp3) is 0.632. The van der Waals surface area contributed by atoms with E-state index in [1.807, 2.05) is 11.9 Å². The minimum atomic E-state index is -3.48. The van der Waals surface area contributed by atoms with Crippen molar-refractivity contribution < 1.29 is 13.2 Å². The number of sulfonamides is 1. The maximum absolute atomic E-state index is 12.8. The number of rotatable bonds is 4. The first-order valence-electron chi connectivity index (χ1n) is 9.48. The number of nitrogens with zero attached hydrogens (tertiary/aromatic N) is 2. The number of hydrogen-bond acceptors (Lipinski definition) is 4. The molecule has 152 valence electrons. The van der Waals surface area contributed by atoms with Crippen LogP contribution in [0.4, 0.5) is 0 Å². The molecule has 2 unspecified atom stereocenters. The highest BCUT2D eigenvalue weighted by Gasteiger charge is 2.29. The fourth-order valence-electron chi connectivity index (χ4n) is 3.86. The molecule has 2 atom stereocenters. The first-order chi connectivity index (χ1) is 12.4. The summed E-state index contributed by atoms with van der Waals surface area (Å²) in [6, 6.07) is 6.76. The molecule has 0 radical (unpaired) electrons. The minimum absolute atomic E-state index is 0. The highest BCUT2D eigenvalue weighted by atomic mass is 35.5. The highest BCUT2D eigenvalue weighted by Crippen LogP contribution is 2.24. The van der Waals surface area contributed by atoms with Crippen molar-refractivity contribution in [1.82, 2.24) is 14.5 Å². The molecule has 0 aromatic heterocycles. The van der Waals surface area contributed by atoms with Crippen LogP contribution in [0, 0.1) is 5.92 Å². The number of carbonyl (C=O) groups excluding carboxylic acids is 1. The second-order valence-corrected chi connectivity index (χ2v) is 9.45. The first kappa shape index (κ1) is 22.1. The summed E-state index contributed by atoms with van der Waals surface area (Å²) in [5, 5.41) is 3.23. The average Bonchev–Trinajstić information content (AvgIpc) is 2.67. The van der Waals surface area contributed by atoms with E-state index in [2.05, 4.69) is 12.2 Å². The van der Waals surface area contributed by atoms with Crippen LogP contribution >= 0.6 is 12.4 Å². The number of piperidine rings is 2. The Hall–Kier alpha value is -1.15. The Bertz CT molecular complexity index is 739. The molecule has 8 heteroatoms. The van der Waals surface area contributed by atoms with Gasteiger partial charge in [-0.3, -0.25) is 4.79 Å². The summed E-state index contributed by atoms with van der Waals surface area (Å²) < 4.78 is 27.2. The van der Waals surface area contributed by atoms with E-state index >= 15 is 0 Å². The summed E-state index contributed by atoms with van der Waals surface area (Å²) >= 11 is 0.